The number of aromatic carboxylic acids is 1. The molecular weight excluding hydrogens is 389 g/mol. The average molecular weight is 406 g/mol. The molecule has 0 atom stereocenters. The van der Waals surface area contributed by atoms with E-state index >= 15 is 0 Å². The third kappa shape index (κ3) is 3.31. The van der Waals surface area contributed by atoms with Crippen molar-refractivity contribution in [3.05, 3.63) is 32.9 Å². The quantitative estimate of drug-likeness (QED) is 0.630. The van der Waals surface area contributed by atoms with Crippen LogP contribution in [0.1, 0.15) is 19.5 Å². The number of methoxy groups -OCH3 is 2. The molecule has 2 aromatic heterocycles. The van der Waals surface area contributed by atoms with E-state index in [1.807, 2.05) is 13.0 Å². The van der Waals surface area contributed by atoms with Crippen LogP contribution in [0.5, 0.6) is 11.5 Å². The van der Waals surface area contributed by atoms with Gasteiger partial charge in [-0.25, -0.2) is 0 Å². The molecule has 1 aromatic carbocycles. The van der Waals surface area contributed by atoms with Crippen molar-refractivity contribution in [2.45, 2.75) is 13.8 Å². The van der Waals surface area contributed by atoms with Gasteiger partial charge >= 0.3 is 150 Å². The Hall–Kier alpha value is -2.57. The number of carboxylic acid groups (broad SMARTS) is 1. The van der Waals surface area contributed by atoms with Gasteiger partial charge in [0.05, 0.1) is 0 Å². The van der Waals surface area contributed by atoms with E-state index in [-0.39, 0.29) is 14.5 Å². The van der Waals surface area contributed by atoms with Crippen LogP contribution in [0.2, 0.25) is 0 Å². The van der Waals surface area contributed by atoms with Crippen LogP contribution in [0, 0.1) is 13.8 Å². The number of fused-ring (bicyclic) bond motifs is 1. The van der Waals surface area contributed by atoms with E-state index in [0.29, 0.717) is 27.6 Å². The van der Waals surface area contributed by atoms with E-state index in [9.17, 15) is 9.90 Å². The molecule has 2 heterocycles. The van der Waals surface area contributed by atoms with Gasteiger partial charge in [0.2, 0.25) is 0 Å². The normalized spacial score (nSPS) is 10.7. The van der Waals surface area contributed by atoms with Crippen molar-refractivity contribution in [1.29, 1.82) is 0 Å². The number of carbonyl (C=O) groups is 1. The number of nitrogens with zero attached hydrogens (tertiary/aromatic N) is 2. The molecular formula is C17H17N3O4Se. The van der Waals surface area contributed by atoms with Crippen LogP contribution in [0.3, 0.4) is 0 Å². The summed E-state index contributed by atoms with van der Waals surface area (Å²) in [6, 6.07) is 5.28. The first-order valence-corrected chi connectivity index (χ1v) is 9.15. The first kappa shape index (κ1) is 17.3. The van der Waals surface area contributed by atoms with E-state index in [2.05, 4.69) is 15.3 Å². The van der Waals surface area contributed by atoms with E-state index in [4.69, 9.17) is 9.47 Å². The topological polar surface area (TPSA) is 93.6 Å². The SMILES string of the molecule is COc1cc2nc(C)nc(Nc3cc(C(=O)O)[se]c3C)c2cc1OC. The molecule has 0 saturated heterocycles. The number of ether oxygens (including phenoxy) is 2. The van der Waals surface area contributed by atoms with Crippen molar-refractivity contribution in [3.8, 4) is 11.5 Å². The van der Waals surface area contributed by atoms with E-state index in [1.54, 1.807) is 33.3 Å². The van der Waals surface area contributed by atoms with Crippen LogP contribution in [-0.2, 0) is 0 Å². The molecule has 0 amide bonds. The molecule has 25 heavy (non-hydrogen) atoms. The molecule has 0 bridgehead atoms. The van der Waals surface area contributed by atoms with Gasteiger partial charge in [-0.1, -0.05) is 0 Å². The third-order valence-corrected chi connectivity index (χ3v) is 5.87. The van der Waals surface area contributed by atoms with Gasteiger partial charge in [-0.3, -0.25) is 0 Å². The molecule has 0 aliphatic heterocycles. The third-order valence-electron chi connectivity index (χ3n) is 3.69. The number of rotatable bonds is 5. The zero-order chi connectivity index (χ0) is 18.1. The minimum atomic E-state index is -0.883. The Bertz CT molecular complexity index is 968. The van der Waals surface area contributed by atoms with Gasteiger partial charge in [0.15, 0.2) is 0 Å². The maximum absolute atomic E-state index is 11.2. The summed E-state index contributed by atoms with van der Waals surface area (Å²) < 4.78 is 12.1. The van der Waals surface area contributed by atoms with Crippen LogP contribution in [0.25, 0.3) is 10.9 Å². The van der Waals surface area contributed by atoms with Crippen LogP contribution >= 0.6 is 0 Å². The zero-order valence-electron chi connectivity index (χ0n) is 14.2. The number of nitrogens with one attached hydrogen (secondary N) is 1. The minimum absolute atomic E-state index is 0.188. The van der Waals surface area contributed by atoms with Gasteiger partial charge in [0, 0.05) is 0 Å². The molecule has 8 heteroatoms. The second-order valence-electron chi connectivity index (χ2n) is 5.35. The van der Waals surface area contributed by atoms with Gasteiger partial charge in [-0.2, -0.15) is 0 Å². The van der Waals surface area contributed by atoms with Crippen molar-refractivity contribution < 1.29 is 19.4 Å². The van der Waals surface area contributed by atoms with Crippen LogP contribution in [0.15, 0.2) is 18.2 Å². The zero-order valence-corrected chi connectivity index (χ0v) is 15.9. The number of benzene rings is 1. The predicted molar refractivity (Wildman–Crippen MR) is 95.7 cm³/mol. The van der Waals surface area contributed by atoms with Gasteiger partial charge < -0.3 is 0 Å². The Labute approximate surface area is 150 Å². The van der Waals surface area contributed by atoms with Crippen molar-refractivity contribution in [2.75, 3.05) is 19.5 Å². The van der Waals surface area contributed by atoms with Gasteiger partial charge in [0.1, 0.15) is 0 Å². The summed E-state index contributed by atoms with van der Waals surface area (Å²) in [5.41, 5.74) is 1.49. The van der Waals surface area contributed by atoms with Crippen LogP contribution in [0.4, 0.5) is 11.5 Å². The number of aryl methyl sites for hydroxylation is 2. The molecule has 0 radical (unpaired) electrons. The van der Waals surface area contributed by atoms with Crippen LogP contribution < -0.4 is 14.8 Å². The van der Waals surface area contributed by atoms with Crippen molar-refractivity contribution in [2.24, 2.45) is 0 Å². The fourth-order valence-corrected chi connectivity index (χ4v) is 4.21. The van der Waals surface area contributed by atoms with E-state index in [1.165, 1.54) is 0 Å². The molecule has 3 aromatic rings. The first-order valence-electron chi connectivity index (χ1n) is 7.44. The molecule has 0 aliphatic rings. The summed E-state index contributed by atoms with van der Waals surface area (Å²) in [6.45, 7) is 3.73. The van der Waals surface area contributed by atoms with E-state index in [0.717, 1.165) is 21.0 Å². The van der Waals surface area contributed by atoms with Gasteiger partial charge in [-0.15, -0.1) is 0 Å². The van der Waals surface area contributed by atoms with Crippen molar-refractivity contribution in [3.63, 3.8) is 0 Å². The van der Waals surface area contributed by atoms with Gasteiger partial charge in [-0.05, 0) is 0 Å². The summed E-state index contributed by atoms with van der Waals surface area (Å²) in [5.74, 6) is 1.49. The van der Waals surface area contributed by atoms with Crippen molar-refractivity contribution in [1.82, 2.24) is 9.97 Å². The molecule has 0 fully saturated rings. The monoisotopic (exact) mass is 407 g/mol. The van der Waals surface area contributed by atoms with Gasteiger partial charge in [0.25, 0.3) is 0 Å². The Morgan fingerprint density at radius 2 is 1.80 bits per heavy atom. The second kappa shape index (κ2) is 6.74. The molecule has 130 valence electrons. The fourth-order valence-electron chi connectivity index (χ4n) is 2.51. The molecule has 0 saturated carbocycles. The van der Waals surface area contributed by atoms with Crippen LogP contribution in [-0.4, -0.2) is 49.8 Å². The number of carboxylic acids is 1. The number of hydrogen-bond donors (Lipinski definition) is 2. The standard InChI is InChI=1S/C17H17N3O4Se/c1-8-11(7-15(25-8)17(21)22)20-16-10-5-13(23-3)14(24-4)6-12(10)18-9(2)19-16/h5-7H,1-4H3,(H,21,22)(H,18,19,20). The summed E-state index contributed by atoms with van der Waals surface area (Å²) >= 11 is -0.188. The molecule has 0 aliphatic carbocycles. The number of aromatic nitrogens is 2. The number of anilines is 2. The molecule has 7 nitrogen and oxygen atoms in total. The summed E-state index contributed by atoms with van der Waals surface area (Å²) in [4.78, 5) is 20.1. The molecule has 0 unspecified atom stereocenters. The maximum atomic E-state index is 11.2. The Morgan fingerprint density at radius 1 is 1.12 bits per heavy atom. The summed E-state index contributed by atoms with van der Waals surface area (Å²) in [6.07, 6.45) is 0. The van der Waals surface area contributed by atoms with Crippen molar-refractivity contribution >= 4 is 42.9 Å². The molecule has 2 N–H and O–H groups in total. The Morgan fingerprint density at radius 3 is 2.40 bits per heavy atom. The second-order valence-corrected chi connectivity index (χ2v) is 7.99. The first-order chi connectivity index (χ1) is 11.9. The fraction of sp³-hybridized carbons (Fsp3) is 0.235. The predicted octanol–water partition coefficient (Wildman–Crippen LogP) is 2.76. The molecule has 3 rings (SSSR count). The average Bonchev–Trinajstić information content (AvgIpc) is 2.94. The Kier molecular flexibility index (Phi) is 4.65. The Balaban J connectivity index is 2.13. The summed E-state index contributed by atoms with van der Waals surface area (Å²) in [7, 11) is 3.14. The molecule has 0 spiro atoms. The summed E-state index contributed by atoms with van der Waals surface area (Å²) in [5, 5.41) is 13.2. The number of hydrogen-bond acceptors (Lipinski definition) is 6. The van der Waals surface area contributed by atoms with E-state index < -0.39 is 5.97 Å².